The molecule has 0 bridgehead atoms. The lowest BCUT2D eigenvalue weighted by molar-refractivity contribution is 0.0659. The van der Waals surface area contributed by atoms with Crippen LogP contribution in [0.2, 0.25) is 0 Å². The highest BCUT2D eigenvalue weighted by Crippen LogP contribution is 2.22. The summed E-state index contributed by atoms with van der Waals surface area (Å²) in [7, 11) is 3.45. The third-order valence-electron chi connectivity index (χ3n) is 3.78. The van der Waals surface area contributed by atoms with Crippen molar-refractivity contribution in [2.24, 2.45) is 0 Å². The Hall–Kier alpha value is -1.75. The van der Waals surface area contributed by atoms with Gasteiger partial charge in [0, 0.05) is 26.2 Å². The van der Waals surface area contributed by atoms with Crippen LogP contribution in [0.4, 0.5) is 11.4 Å². The summed E-state index contributed by atoms with van der Waals surface area (Å²) < 4.78 is 5.79. The second-order valence-electron chi connectivity index (χ2n) is 5.71. The minimum absolute atomic E-state index is 0.0437. The number of carbonyl (C=O) groups excluding carboxylic acids is 1. The number of hydrogen-bond donors (Lipinski definition) is 2. The van der Waals surface area contributed by atoms with E-state index in [2.05, 4.69) is 5.32 Å². The summed E-state index contributed by atoms with van der Waals surface area (Å²) in [5, 5.41) is 3.26. The molecule has 0 heterocycles. The first-order valence-corrected chi connectivity index (χ1v) is 7.54. The van der Waals surface area contributed by atoms with Crippen LogP contribution < -0.4 is 11.1 Å². The van der Waals surface area contributed by atoms with Gasteiger partial charge in [0.15, 0.2) is 0 Å². The van der Waals surface area contributed by atoms with Gasteiger partial charge in [-0.3, -0.25) is 4.79 Å². The van der Waals surface area contributed by atoms with Crippen molar-refractivity contribution in [3.05, 3.63) is 23.8 Å². The maximum absolute atomic E-state index is 11.8. The van der Waals surface area contributed by atoms with Gasteiger partial charge in [0.25, 0.3) is 5.91 Å². The number of nitrogen functional groups attached to an aromatic ring is 1. The average molecular weight is 291 g/mol. The molecule has 1 aromatic carbocycles. The number of ether oxygens (including phenoxy) is 1. The van der Waals surface area contributed by atoms with Crippen molar-refractivity contribution in [3.63, 3.8) is 0 Å². The number of nitrogens with one attached hydrogen (secondary N) is 1. The van der Waals surface area contributed by atoms with E-state index in [1.807, 2.05) is 6.07 Å². The Morgan fingerprint density at radius 1 is 1.38 bits per heavy atom. The highest BCUT2D eigenvalue weighted by Gasteiger charge is 2.14. The molecule has 1 saturated carbocycles. The number of benzene rings is 1. The van der Waals surface area contributed by atoms with Gasteiger partial charge in [-0.15, -0.1) is 0 Å². The van der Waals surface area contributed by atoms with Gasteiger partial charge in [0.05, 0.1) is 24.1 Å². The van der Waals surface area contributed by atoms with E-state index in [4.69, 9.17) is 10.5 Å². The van der Waals surface area contributed by atoms with E-state index in [-0.39, 0.29) is 5.91 Å². The smallest absolute Gasteiger partial charge is 0.253 e. The van der Waals surface area contributed by atoms with Crippen molar-refractivity contribution in [3.8, 4) is 0 Å². The van der Waals surface area contributed by atoms with Gasteiger partial charge in [0.1, 0.15) is 0 Å². The Morgan fingerprint density at radius 2 is 2.10 bits per heavy atom. The van der Waals surface area contributed by atoms with Crippen molar-refractivity contribution in [1.29, 1.82) is 0 Å². The molecule has 1 fully saturated rings. The Kier molecular flexibility index (Phi) is 5.44. The van der Waals surface area contributed by atoms with Gasteiger partial charge >= 0.3 is 0 Å². The number of carbonyl (C=O) groups is 1. The van der Waals surface area contributed by atoms with E-state index < -0.39 is 0 Å². The molecule has 5 heteroatoms. The lowest BCUT2D eigenvalue weighted by Gasteiger charge is -2.15. The number of nitrogens with zero attached hydrogens (tertiary/aromatic N) is 1. The largest absolute Gasteiger partial charge is 0.397 e. The average Bonchev–Trinajstić information content (AvgIpc) is 2.97. The molecule has 0 spiro atoms. The number of anilines is 2. The van der Waals surface area contributed by atoms with Crippen LogP contribution in [0.1, 0.15) is 36.0 Å². The first kappa shape index (κ1) is 15.6. The number of nitrogens with two attached hydrogens (primary N) is 1. The molecular weight excluding hydrogens is 266 g/mol. The molecule has 1 aromatic rings. The molecule has 1 aliphatic carbocycles. The molecule has 5 nitrogen and oxygen atoms in total. The number of rotatable bonds is 6. The fourth-order valence-corrected chi connectivity index (χ4v) is 2.58. The predicted octanol–water partition coefficient (Wildman–Crippen LogP) is 2.34. The van der Waals surface area contributed by atoms with Crippen molar-refractivity contribution < 1.29 is 9.53 Å². The molecule has 0 atom stereocenters. The first-order valence-electron chi connectivity index (χ1n) is 7.54. The number of amides is 1. The normalized spacial score (nSPS) is 15.1. The maximum Gasteiger partial charge on any atom is 0.253 e. The molecule has 0 saturated heterocycles. The van der Waals surface area contributed by atoms with Crippen molar-refractivity contribution in [1.82, 2.24) is 4.90 Å². The van der Waals surface area contributed by atoms with E-state index in [1.165, 1.54) is 30.6 Å². The summed E-state index contributed by atoms with van der Waals surface area (Å²) in [6.45, 7) is 1.41. The van der Waals surface area contributed by atoms with Crippen molar-refractivity contribution in [2.45, 2.75) is 31.8 Å². The molecule has 3 N–H and O–H groups in total. The van der Waals surface area contributed by atoms with E-state index >= 15 is 0 Å². The highest BCUT2D eigenvalue weighted by molar-refractivity contribution is 5.95. The molecule has 116 valence electrons. The fourth-order valence-electron chi connectivity index (χ4n) is 2.58. The Balaban J connectivity index is 1.81. The van der Waals surface area contributed by atoms with Crippen LogP contribution in [0.15, 0.2) is 18.2 Å². The highest BCUT2D eigenvalue weighted by atomic mass is 16.5. The van der Waals surface area contributed by atoms with Gasteiger partial charge < -0.3 is 20.7 Å². The zero-order chi connectivity index (χ0) is 15.2. The minimum Gasteiger partial charge on any atom is -0.397 e. The standard InChI is InChI=1S/C16H25N3O2/c1-19(2)16(20)12-7-8-15(14(17)11-12)18-9-10-21-13-5-3-4-6-13/h7-8,11,13,18H,3-6,9-10,17H2,1-2H3. The molecule has 0 aliphatic heterocycles. The molecule has 0 unspecified atom stereocenters. The molecular formula is C16H25N3O2. The topological polar surface area (TPSA) is 67.6 Å². The summed E-state index contributed by atoms with van der Waals surface area (Å²) in [4.78, 5) is 13.4. The van der Waals surface area contributed by atoms with Crippen LogP contribution >= 0.6 is 0 Å². The van der Waals surface area contributed by atoms with Crippen LogP contribution in [-0.2, 0) is 4.74 Å². The van der Waals surface area contributed by atoms with Gasteiger partial charge in [-0.1, -0.05) is 12.8 Å². The molecule has 1 aliphatic rings. The fraction of sp³-hybridized carbons (Fsp3) is 0.562. The lowest BCUT2D eigenvalue weighted by Crippen LogP contribution is -2.22. The molecule has 21 heavy (non-hydrogen) atoms. The second kappa shape index (κ2) is 7.31. The van der Waals surface area contributed by atoms with Gasteiger partial charge in [-0.25, -0.2) is 0 Å². The predicted molar refractivity (Wildman–Crippen MR) is 85.6 cm³/mol. The van der Waals surface area contributed by atoms with E-state index in [0.29, 0.717) is 24.0 Å². The Labute approximate surface area is 126 Å². The second-order valence-corrected chi connectivity index (χ2v) is 5.71. The zero-order valence-electron chi connectivity index (χ0n) is 12.9. The molecule has 0 radical (unpaired) electrons. The summed E-state index contributed by atoms with van der Waals surface area (Å²) in [6.07, 6.45) is 5.37. The monoisotopic (exact) mass is 291 g/mol. The SMILES string of the molecule is CN(C)C(=O)c1ccc(NCCOC2CCCC2)c(N)c1. The summed E-state index contributed by atoms with van der Waals surface area (Å²) in [6, 6.07) is 5.35. The molecule has 1 amide bonds. The third-order valence-corrected chi connectivity index (χ3v) is 3.78. The van der Waals surface area contributed by atoms with Crippen LogP contribution in [-0.4, -0.2) is 44.2 Å². The zero-order valence-corrected chi connectivity index (χ0v) is 12.9. The molecule has 0 aromatic heterocycles. The van der Waals surface area contributed by atoms with E-state index in [1.54, 1.807) is 26.2 Å². The Morgan fingerprint density at radius 3 is 2.71 bits per heavy atom. The van der Waals surface area contributed by atoms with Crippen LogP contribution in [0.5, 0.6) is 0 Å². The summed E-state index contributed by atoms with van der Waals surface area (Å²) in [5.74, 6) is -0.0437. The van der Waals surface area contributed by atoms with E-state index in [0.717, 1.165) is 12.2 Å². The summed E-state index contributed by atoms with van der Waals surface area (Å²) in [5.41, 5.74) is 8.03. The van der Waals surface area contributed by atoms with Gasteiger partial charge in [-0.05, 0) is 31.0 Å². The molecule has 2 rings (SSSR count). The van der Waals surface area contributed by atoms with Crippen molar-refractivity contribution >= 4 is 17.3 Å². The Bertz CT molecular complexity index is 482. The maximum atomic E-state index is 11.8. The van der Waals surface area contributed by atoms with Gasteiger partial charge in [-0.2, -0.15) is 0 Å². The van der Waals surface area contributed by atoms with E-state index in [9.17, 15) is 4.79 Å². The van der Waals surface area contributed by atoms with Crippen LogP contribution in [0, 0.1) is 0 Å². The lowest BCUT2D eigenvalue weighted by atomic mass is 10.1. The number of hydrogen-bond acceptors (Lipinski definition) is 4. The van der Waals surface area contributed by atoms with Crippen LogP contribution in [0.3, 0.4) is 0 Å². The third kappa shape index (κ3) is 4.36. The van der Waals surface area contributed by atoms with Crippen LogP contribution in [0.25, 0.3) is 0 Å². The summed E-state index contributed by atoms with van der Waals surface area (Å²) >= 11 is 0. The van der Waals surface area contributed by atoms with Gasteiger partial charge in [0.2, 0.25) is 0 Å². The quantitative estimate of drug-likeness (QED) is 0.623. The first-order chi connectivity index (χ1) is 10.1. The minimum atomic E-state index is -0.0437. The van der Waals surface area contributed by atoms with Crippen molar-refractivity contribution in [2.75, 3.05) is 38.3 Å².